The van der Waals surface area contributed by atoms with Crippen LogP contribution in [0.1, 0.15) is 68.4 Å². The Hall–Kier alpha value is -1.42. The van der Waals surface area contributed by atoms with E-state index < -0.39 is 6.17 Å². The molecule has 0 amide bonds. The number of rotatable bonds is 6. The van der Waals surface area contributed by atoms with Crippen LogP contribution in [0.5, 0.6) is 0 Å². The predicted octanol–water partition coefficient (Wildman–Crippen LogP) is 6.34. The van der Waals surface area contributed by atoms with E-state index in [0.29, 0.717) is 6.42 Å². The summed E-state index contributed by atoms with van der Waals surface area (Å²) in [5.41, 5.74) is 4.73. The van der Waals surface area contributed by atoms with Gasteiger partial charge in [0.15, 0.2) is 5.16 Å². The van der Waals surface area contributed by atoms with Gasteiger partial charge in [-0.3, -0.25) is 0 Å². The van der Waals surface area contributed by atoms with Crippen LogP contribution in [0.15, 0.2) is 29.4 Å². The highest BCUT2D eigenvalue weighted by molar-refractivity contribution is 7.99. The molecule has 1 unspecified atom stereocenters. The van der Waals surface area contributed by atoms with Gasteiger partial charge in [0.1, 0.15) is 6.17 Å². The van der Waals surface area contributed by atoms with Gasteiger partial charge in [0.05, 0.1) is 11.4 Å². The summed E-state index contributed by atoms with van der Waals surface area (Å²) in [5, 5.41) is 0.816. The molecule has 1 atom stereocenters. The molecule has 0 spiro atoms. The lowest BCUT2D eigenvalue weighted by Gasteiger charge is -2.25. The van der Waals surface area contributed by atoms with E-state index in [2.05, 4.69) is 13.0 Å². The number of hydrogen-bond donors (Lipinski definition) is 0. The van der Waals surface area contributed by atoms with Crippen LogP contribution >= 0.6 is 11.8 Å². The molecule has 1 saturated carbocycles. The molecular formula is C22H27FN2S. The second kappa shape index (κ2) is 8.08. The molecule has 1 fully saturated rings. The maximum atomic E-state index is 15.1. The fourth-order valence-corrected chi connectivity index (χ4v) is 5.06. The maximum absolute atomic E-state index is 15.1. The van der Waals surface area contributed by atoms with Crippen molar-refractivity contribution < 1.29 is 4.39 Å². The smallest absolute Gasteiger partial charge is 0.188 e. The first kappa shape index (κ1) is 18.0. The van der Waals surface area contributed by atoms with E-state index in [4.69, 9.17) is 9.97 Å². The minimum Gasteiger partial charge on any atom is -0.242 e. The Morgan fingerprint density at radius 3 is 2.77 bits per heavy atom. The summed E-state index contributed by atoms with van der Waals surface area (Å²) in [5.74, 6) is 1.79. The molecule has 2 nitrogen and oxygen atoms in total. The second-order valence-corrected chi connectivity index (χ2v) is 8.64. The molecule has 2 aliphatic carbocycles. The van der Waals surface area contributed by atoms with Crippen molar-refractivity contribution in [2.24, 2.45) is 5.92 Å². The normalized spacial score (nSPS) is 19.4. The minimum absolute atomic E-state index is 0.449. The Morgan fingerprint density at radius 1 is 1.15 bits per heavy atom. The largest absolute Gasteiger partial charge is 0.242 e. The molecule has 1 aromatic carbocycles. The molecule has 2 aliphatic rings. The van der Waals surface area contributed by atoms with Gasteiger partial charge in [0, 0.05) is 23.3 Å². The lowest BCUT2D eigenvalue weighted by atomic mass is 9.85. The van der Waals surface area contributed by atoms with E-state index >= 15 is 4.39 Å². The highest BCUT2D eigenvalue weighted by Crippen LogP contribution is 2.42. The van der Waals surface area contributed by atoms with Crippen molar-refractivity contribution in [3.05, 3.63) is 41.1 Å². The van der Waals surface area contributed by atoms with Gasteiger partial charge in [0.25, 0.3) is 0 Å². The molecule has 1 aromatic heterocycles. The molecular weight excluding hydrogens is 343 g/mol. The fraction of sp³-hybridized carbons (Fsp3) is 0.545. The highest BCUT2D eigenvalue weighted by atomic mass is 32.2. The van der Waals surface area contributed by atoms with Gasteiger partial charge in [-0.2, -0.15) is 0 Å². The molecule has 0 bridgehead atoms. The summed E-state index contributed by atoms with van der Waals surface area (Å²) in [7, 11) is 0. The topological polar surface area (TPSA) is 25.8 Å². The van der Waals surface area contributed by atoms with E-state index in [-0.39, 0.29) is 0 Å². The van der Waals surface area contributed by atoms with Crippen molar-refractivity contribution in [1.29, 1.82) is 0 Å². The molecule has 4 rings (SSSR count). The number of benzene rings is 1. The van der Waals surface area contributed by atoms with Crippen LogP contribution in [0.25, 0.3) is 11.3 Å². The Labute approximate surface area is 160 Å². The van der Waals surface area contributed by atoms with Gasteiger partial charge in [-0.15, -0.1) is 0 Å². The first-order valence-electron chi connectivity index (χ1n) is 10.0. The van der Waals surface area contributed by atoms with E-state index in [1.54, 1.807) is 11.8 Å². The van der Waals surface area contributed by atoms with Crippen molar-refractivity contribution in [1.82, 2.24) is 9.97 Å². The molecule has 0 N–H and O–H groups in total. The van der Waals surface area contributed by atoms with E-state index in [9.17, 15) is 0 Å². The molecule has 26 heavy (non-hydrogen) atoms. The number of alkyl halides is 1. The number of thioether (sulfide) groups is 1. The number of fused-ring (bicyclic) bond motifs is 3. The molecule has 138 valence electrons. The van der Waals surface area contributed by atoms with Crippen LogP contribution in [-0.4, -0.2) is 15.7 Å². The Balaban J connectivity index is 1.72. The second-order valence-electron chi connectivity index (χ2n) is 7.58. The number of aryl methyl sites for hydroxylation is 1. The zero-order valence-electron chi connectivity index (χ0n) is 15.5. The number of hydrogen-bond acceptors (Lipinski definition) is 3. The predicted molar refractivity (Wildman–Crippen MR) is 106 cm³/mol. The van der Waals surface area contributed by atoms with Crippen LogP contribution in [-0.2, 0) is 12.8 Å². The van der Waals surface area contributed by atoms with Gasteiger partial charge in [-0.05, 0) is 30.7 Å². The Kier molecular flexibility index (Phi) is 5.58. The summed E-state index contributed by atoms with van der Waals surface area (Å²) in [6.45, 7) is 2.17. The van der Waals surface area contributed by atoms with Gasteiger partial charge in [-0.1, -0.05) is 68.6 Å². The first-order valence-corrected chi connectivity index (χ1v) is 11.0. The summed E-state index contributed by atoms with van der Waals surface area (Å²) >= 11 is 1.70. The Morgan fingerprint density at radius 2 is 1.96 bits per heavy atom. The third kappa shape index (κ3) is 3.66. The van der Waals surface area contributed by atoms with Crippen molar-refractivity contribution in [3.8, 4) is 11.3 Å². The fourth-order valence-electron chi connectivity index (χ4n) is 4.34. The zero-order chi connectivity index (χ0) is 17.9. The molecule has 0 saturated heterocycles. The molecule has 0 aliphatic heterocycles. The van der Waals surface area contributed by atoms with Crippen molar-refractivity contribution in [2.75, 3.05) is 5.75 Å². The van der Waals surface area contributed by atoms with Crippen LogP contribution in [0.2, 0.25) is 0 Å². The number of aromatic nitrogens is 2. The first-order chi connectivity index (χ1) is 12.8. The monoisotopic (exact) mass is 370 g/mol. The molecule has 0 radical (unpaired) electrons. The average molecular weight is 371 g/mol. The molecule has 4 heteroatoms. The van der Waals surface area contributed by atoms with Gasteiger partial charge >= 0.3 is 0 Å². The van der Waals surface area contributed by atoms with Crippen molar-refractivity contribution >= 4 is 11.8 Å². The van der Waals surface area contributed by atoms with E-state index in [1.165, 1.54) is 25.7 Å². The standard InChI is InChI=1S/C22H27FN2S/c1-2-13-26-22-24-19(12-11-15-7-3-4-8-15)20-18(23)14-16-9-5-6-10-17(16)21(20)25-22/h5-6,9-10,15,18H,2-4,7-8,11-14H2,1H3. The average Bonchev–Trinajstić information content (AvgIpc) is 3.18. The van der Waals surface area contributed by atoms with Gasteiger partial charge < -0.3 is 0 Å². The third-order valence-corrected chi connectivity index (χ3v) is 6.74. The summed E-state index contributed by atoms with van der Waals surface area (Å²) < 4.78 is 15.1. The highest BCUT2D eigenvalue weighted by Gasteiger charge is 2.30. The summed E-state index contributed by atoms with van der Waals surface area (Å²) in [6, 6.07) is 8.14. The minimum atomic E-state index is -0.983. The van der Waals surface area contributed by atoms with Crippen LogP contribution in [0, 0.1) is 5.92 Å². The third-order valence-electron chi connectivity index (χ3n) is 5.69. The lowest BCUT2D eigenvalue weighted by molar-refractivity contribution is 0.334. The maximum Gasteiger partial charge on any atom is 0.188 e. The summed E-state index contributed by atoms with van der Waals surface area (Å²) in [6.07, 6.45) is 7.93. The van der Waals surface area contributed by atoms with Crippen molar-refractivity contribution in [2.45, 2.75) is 69.6 Å². The number of nitrogens with zero attached hydrogens (tertiary/aromatic N) is 2. The summed E-state index contributed by atoms with van der Waals surface area (Å²) in [4.78, 5) is 9.61. The molecule has 1 heterocycles. The zero-order valence-corrected chi connectivity index (χ0v) is 16.3. The van der Waals surface area contributed by atoms with Crippen LogP contribution < -0.4 is 0 Å². The Bertz CT molecular complexity index is 771. The quantitative estimate of drug-likeness (QED) is 0.438. The van der Waals surface area contributed by atoms with Gasteiger partial charge in [0.2, 0.25) is 0 Å². The van der Waals surface area contributed by atoms with E-state index in [0.717, 1.165) is 64.2 Å². The number of halogens is 1. The van der Waals surface area contributed by atoms with Gasteiger partial charge in [-0.25, -0.2) is 14.4 Å². The lowest BCUT2D eigenvalue weighted by Crippen LogP contribution is -2.15. The molecule has 2 aromatic rings. The van der Waals surface area contributed by atoms with Crippen molar-refractivity contribution in [3.63, 3.8) is 0 Å². The SMILES string of the molecule is CCCSc1nc(CCC2CCCC2)c2c(n1)-c1ccccc1CC2F. The van der Waals surface area contributed by atoms with E-state index in [1.807, 2.05) is 18.2 Å². The van der Waals surface area contributed by atoms with Crippen LogP contribution in [0.3, 0.4) is 0 Å². The van der Waals surface area contributed by atoms with Crippen LogP contribution in [0.4, 0.5) is 4.39 Å².